The molecule has 0 saturated heterocycles. The van der Waals surface area contributed by atoms with Crippen molar-refractivity contribution >= 4 is 27.7 Å². The normalized spacial score (nSPS) is 11.6. The van der Waals surface area contributed by atoms with Gasteiger partial charge in [-0.15, -0.1) is 0 Å². The molecule has 2 aromatic rings. The molecule has 0 spiro atoms. The van der Waals surface area contributed by atoms with E-state index < -0.39 is 10.0 Å². The molecule has 0 aliphatic rings. The van der Waals surface area contributed by atoms with Crippen molar-refractivity contribution in [3.8, 4) is 0 Å². The molecule has 5 nitrogen and oxygen atoms in total. The van der Waals surface area contributed by atoms with Crippen LogP contribution in [0.2, 0.25) is 0 Å². The summed E-state index contributed by atoms with van der Waals surface area (Å²) in [6.45, 7) is 3.90. The van der Waals surface area contributed by atoms with E-state index in [9.17, 15) is 13.2 Å². The smallest absolute Gasteiger partial charge is 0.233 e. The van der Waals surface area contributed by atoms with Gasteiger partial charge in [0.1, 0.15) is 0 Å². The topological polar surface area (TPSA) is 75.3 Å². The zero-order valence-electron chi connectivity index (χ0n) is 14.3. The first-order valence-corrected chi connectivity index (χ1v) is 9.50. The molecule has 0 atom stereocenters. The first-order chi connectivity index (χ1) is 11.9. The monoisotopic (exact) mass is 358 g/mol. The molecule has 0 unspecified atom stereocenters. The van der Waals surface area contributed by atoms with E-state index in [-0.39, 0.29) is 18.9 Å². The van der Waals surface area contributed by atoms with Crippen LogP contribution < -0.4 is 10.0 Å². The highest BCUT2D eigenvalue weighted by Gasteiger charge is 2.08. The number of benzene rings is 2. The van der Waals surface area contributed by atoms with Crippen molar-refractivity contribution in [2.75, 3.05) is 11.9 Å². The summed E-state index contributed by atoms with van der Waals surface area (Å²) in [4.78, 5) is 12.0. The SMILES string of the molecule is Cc1ccc(C)c(NC(=O)CCNS(=O)(=O)/C=C/c2ccccc2)c1. The van der Waals surface area contributed by atoms with Crippen LogP contribution in [0.4, 0.5) is 5.69 Å². The summed E-state index contributed by atoms with van der Waals surface area (Å²) in [7, 11) is -3.57. The van der Waals surface area contributed by atoms with Crippen LogP contribution in [-0.4, -0.2) is 20.9 Å². The largest absolute Gasteiger partial charge is 0.326 e. The minimum atomic E-state index is -3.57. The van der Waals surface area contributed by atoms with Crippen molar-refractivity contribution in [1.82, 2.24) is 4.72 Å². The Bertz CT molecular complexity index is 859. The van der Waals surface area contributed by atoms with Gasteiger partial charge in [-0.2, -0.15) is 0 Å². The number of amides is 1. The molecular formula is C19H22N2O3S. The standard InChI is InChI=1S/C19H22N2O3S/c1-15-8-9-16(2)18(14-15)21-19(22)10-12-20-25(23,24)13-11-17-6-4-3-5-7-17/h3-9,11,13-14,20H,10,12H2,1-2H3,(H,21,22)/b13-11+. The fourth-order valence-electron chi connectivity index (χ4n) is 2.17. The lowest BCUT2D eigenvalue weighted by atomic mass is 10.1. The van der Waals surface area contributed by atoms with Gasteiger partial charge in [0.2, 0.25) is 15.9 Å². The van der Waals surface area contributed by atoms with Crippen LogP contribution in [0.15, 0.2) is 53.9 Å². The van der Waals surface area contributed by atoms with E-state index in [1.807, 2.05) is 62.4 Å². The number of sulfonamides is 1. The number of anilines is 1. The molecule has 1 amide bonds. The second kappa shape index (κ2) is 8.60. The van der Waals surface area contributed by atoms with Crippen LogP contribution in [0.25, 0.3) is 6.08 Å². The van der Waals surface area contributed by atoms with Gasteiger partial charge in [-0.25, -0.2) is 13.1 Å². The van der Waals surface area contributed by atoms with Crippen molar-refractivity contribution in [1.29, 1.82) is 0 Å². The van der Waals surface area contributed by atoms with Crippen LogP contribution >= 0.6 is 0 Å². The zero-order valence-corrected chi connectivity index (χ0v) is 15.1. The molecule has 2 rings (SSSR count). The average molecular weight is 358 g/mol. The van der Waals surface area contributed by atoms with Crippen LogP contribution in [-0.2, 0) is 14.8 Å². The number of hydrogen-bond donors (Lipinski definition) is 2. The third kappa shape index (κ3) is 6.52. The van der Waals surface area contributed by atoms with Crippen LogP contribution in [0.5, 0.6) is 0 Å². The fourth-order valence-corrected chi connectivity index (χ4v) is 2.99. The Morgan fingerprint density at radius 1 is 1.08 bits per heavy atom. The van der Waals surface area contributed by atoms with Gasteiger partial charge in [-0.1, -0.05) is 42.5 Å². The first kappa shape index (κ1) is 18.9. The highest BCUT2D eigenvalue weighted by Crippen LogP contribution is 2.16. The minimum absolute atomic E-state index is 0.0398. The van der Waals surface area contributed by atoms with Crippen LogP contribution in [0.3, 0.4) is 0 Å². The van der Waals surface area contributed by atoms with Gasteiger partial charge in [-0.3, -0.25) is 4.79 Å². The van der Waals surface area contributed by atoms with Crippen molar-refractivity contribution in [3.63, 3.8) is 0 Å². The number of hydrogen-bond acceptors (Lipinski definition) is 3. The number of rotatable bonds is 7. The number of carbonyl (C=O) groups is 1. The van der Waals surface area contributed by atoms with Crippen LogP contribution in [0.1, 0.15) is 23.1 Å². The molecule has 0 saturated carbocycles. The number of nitrogens with one attached hydrogen (secondary N) is 2. The Kier molecular flexibility index (Phi) is 6.50. The molecule has 0 aliphatic carbocycles. The molecule has 0 bridgehead atoms. The Morgan fingerprint density at radius 2 is 1.80 bits per heavy atom. The van der Waals surface area contributed by atoms with E-state index >= 15 is 0 Å². The highest BCUT2D eigenvalue weighted by molar-refractivity contribution is 7.92. The molecule has 0 heterocycles. The van der Waals surface area contributed by atoms with Gasteiger partial charge in [0.15, 0.2) is 0 Å². The second-order valence-electron chi connectivity index (χ2n) is 5.77. The molecular weight excluding hydrogens is 336 g/mol. The molecule has 132 valence electrons. The second-order valence-corrected chi connectivity index (χ2v) is 7.42. The first-order valence-electron chi connectivity index (χ1n) is 7.96. The molecule has 0 aliphatic heterocycles. The predicted molar refractivity (Wildman–Crippen MR) is 102 cm³/mol. The lowest BCUT2D eigenvalue weighted by Crippen LogP contribution is -2.26. The summed E-state index contributed by atoms with van der Waals surface area (Å²) in [6.07, 6.45) is 1.57. The van der Waals surface area contributed by atoms with Gasteiger partial charge in [0.05, 0.1) is 0 Å². The quantitative estimate of drug-likeness (QED) is 0.798. The fraction of sp³-hybridized carbons (Fsp3) is 0.211. The van der Waals surface area contributed by atoms with E-state index in [2.05, 4.69) is 10.0 Å². The van der Waals surface area contributed by atoms with E-state index in [0.717, 1.165) is 27.8 Å². The van der Waals surface area contributed by atoms with Crippen molar-refractivity contribution in [3.05, 3.63) is 70.6 Å². The van der Waals surface area contributed by atoms with Gasteiger partial charge < -0.3 is 5.32 Å². The Hall–Kier alpha value is -2.44. The molecule has 6 heteroatoms. The summed E-state index contributed by atoms with van der Waals surface area (Å²) in [5, 5.41) is 3.91. The average Bonchev–Trinajstić information content (AvgIpc) is 2.57. The maximum atomic E-state index is 12.0. The summed E-state index contributed by atoms with van der Waals surface area (Å²) in [5.41, 5.74) is 3.55. The van der Waals surface area contributed by atoms with E-state index in [4.69, 9.17) is 0 Å². The third-order valence-corrected chi connectivity index (χ3v) is 4.66. The Labute approximate surface area is 148 Å². The predicted octanol–water partition coefficient (Wildman–Crippen LogP) is 3.22. The van der Waals surface area contributed by atoms with Crippen molar-refractivity contribution < 1.29 is 13.2 Å². The lowest BCUT2D eigenvalue weighted by Gasteiger charge is -2.09. The maximum absolute atomic E-state index is 12.0. The summed E-state index contributed by atoms with van der Waals surface area (Å²) in [5.74, 6) is -0.233. The lowest BCUT2D eigenvalue weighted by molar-refractivity contribution is -0.116. The molecule has 2 aromatic carbocycles. The zero-order chi connectivity index (χ0) is 18.3. The molecule has 25 heavy (non-hydrogen) atoms. The van der Waals surface area contributed by atoms with Gasteiger partial charge in [0.25, 0.3) is 0 Å². The van der Waals surface area contributed by atoms with E-state index in [1.165, 1.54) is 6.08 Å². The van der Waals surface area contributed by atoms with Crippen molar-refractivity contribution in [2.45, 2.75) is 20.3 Å². The molecule has 0 fully saturated rings. The van der Waals surface area contributed by atoms with Crippen LogP contribution in [0, 0.1) is 13.8 Å². The molecule has 2 N–H and O–H groups in total. The van der Waals surface area contributed by atoms with Gasteiger partial charge in [-0.05, 0) is 42.7 Å². The maximum Gasteiger partial charge on any atom is 0.233 e. The summed E-state index contributed by atoms with van der Waals surface area (Å²) in [6, 6.07) is 14.9. The van der Waals surface area contributed by atoms with Gasteiger partial charge in [0, 0.05) is 24.1 Å². The summed E-state index contributed by atoms with van der Waals surface area (Å²) >= 11 is 0. The number of aryl methyl sites for hydroxylation is 2. The minimum Gasteiger partial charge on any atom is -0.326 e. The highest BCUT2D eigenvalue weighted by atomic mass is 32.2. The van der Waals surface area contributed by atoms with Crippen molar-refractivity contribution in [2.24, 2.45) is 0 Å². The Morgan fingerprint density at radius 3 is 2.52 bits per heavy atom. The van der Waals surface area contributed by atoms with E-state index in [1.54, 1.807) is 0 Å². The summed E-state index contributed by atoms with van der Waals surface area (Å²) < 4.78 is 26.2. The number of carbonyl (C=O) groups excluding carboxylic acids is 1. The Balaban J connectivity index is 1.84. The molecule has 0 aromatic heterocycles. The molecule has 0 radical (unpaired) electrons. The van der Waals surface area contributed by atoms with Gasteiger partial charge >= 0.3 is 0 Å². The third-order valence-electron chi connectivity index (χ3n) is 3.56. The van der Waals surface area contributed by atoms with E-state index in [0.29, 0.717) is 0 Å².